The van der Waals surface area contributed by atoms with Crippen molar-refractivity contribution in [1.29, 1.82) is 0 Å². The monoisotopic (exact) mass is 786 g/mol. The van der Waals surface area contributed by atoms with Crippen LogP contribution in [0, 0.1) is 0 Å². The van der Waals surface area contributed by atoms with Gasteiger partial charge in [-0.1, -0.05) is 110 Å². The molecule has 51 heavy (non-hydrogen) atoms. The van der Waals surface area contributed by atoms with Crippen LogP contribution < -0.4 is 31.8 Å². The third-order valence-corrected chi connectivity index (χ3v) is 14.8. The molecule has 258 valence electrons. The second kappa shape index (κ2) is 20.0. The molecule has 0 radical (unpaired) electrons. The molecule has 0 spiro atoms. The molecule has 0 amide bonds. The van der Waals surface area contributed by atoms with Crippen molar-refractivity contribution in [2.75, 3.05) is 0 Å². The zero-order valence-electron chi connectivity index (χ0n) is 28.3. The number of aliphatic imine (C=N–C) groups is 2. The van der Waals surface area contributed by atoms with E-state index in [4.69, 9.17) is 30.2 Å². The first-order chi connectivity index (χ1) is 25.3. The number of rotatable bonds is 10. The zero-order chi connectivity index (χ0) is 35.1. The summed E-state index contributed by atoms with van der Waals surface area (Å²) in [5.41, 5.74) is 2.44. The average molecular weight is 788 g/mol. The van der Waals surface area contributed by atoms with Gasteiger partial charge in [0.2, 0.25) is 0 Å². The standard InChI is InChI=1S/C44H40N2P2.2ClH.Fe/c1-5-21-37(22-6-1)47(38-23-7-2-8-24-38)43-31-17-13-19-35(43)33-45-41-29-15-16-30-42(41)46-34-36-20-14-18-32-44(36)48(39-25-9-3-10-26-39)40-27-11-4-12-28-40;;;/h1-14,17-28,31-34,41-42H,15-16,29-30H2;2*1H;/q;;;+2/t41-,42-;;;/m1.../s1. The molecular weight excluding hydrogens is 745 g/mol. The van der Waals surface area contributed by atoms with Crippen LogP contribution in [0.1, 0.15) is 36.8 Å². The van der Waals surface area contributed by atoms with Crippen LogP contribution in [0.5, 0.6) is 0 Å². The molecule has 2 atom stereocenters. The number of hydrogen-bond donors (Lipinski definition) is 0. The minimum atomic E-state index is -1.19. The topological polar surface area (TPSA) is 24.7 Å². The summed E-state index contributed by atoms with van der Waals surface area (Å²) in [4.78, 5) is 10.6. The van der Waals surface area contributed by atoms with Gasteiger partial charge in [0.15, 0.2) is 0 Å². The predicted molar refractivity (Wildman–Crippen MR) is 226 cm³/mol. The maximum atomic E-state index is 5.31. The molecule has 1 aliphatic rings. The number of benzene rings is 6. The Hall–Kier alpha value is -3.38. The van der Waals surface area contributed by atoms with E-state index in [9.17, 15) is 0 Å². The van der Waals surface area contributed by atoms with Crippen LogP contribution in [0.2, 0.25) is 0 Å². The van der Waals surface area contributed by atoms with Crippen molar-refractivity contribution in [3.05, 3.63) is 181 Å². The fraction of sp³-hybridized carbons (Fsp3) is 0.136. The zero-order valence-corrected chi connectivity index (χ0v) is 32.9. The Morgan fingerprint density at radius 3 is 1.02 bits per heavy atom. The maximum absolute atomic E-state index is 5.31. The van der Waals surface area contributed by atoms with Crippen molar-refractivity contribution >= 4 is 80.3 Å². The molecule has 1 aliphatic carbocycles. The van der Waals surface area contributed by atoms with E-state index in [-0.39, 0.29) is 25.2 Å². The normalized spacial score (nSPS) is 16.1. The van der Waals surface area contributed by atoms with Gasteiger partial charge in [0.05, 0.1) is 27.9 Å². The second-order valence-electron chi connectivity index (χ2n) is 12.4. The van der Waals surface area contributed by atoms with Gasteiger partial charge in [0.25, 0.3) is 0 Å². The summed E-state index contributed by atoms with van der Waals surface area (Å²) in [5, 5.41) is 8.32. The molecule has 0 saturated heterocycles. The van der Waals surface area contributed by atoms with Crippen LogP contribution in [-0.4, -0.2) is 24.5 Å². The Bertz CT molecular complexity index is 1760. The molecule has 6 aromatic rings. The van der Waals surface area contributed by atoms with Crippen molar-refractivity contribution in [2.45, 2.75) is 37.8 Å². The molecule has 2 nitrogen and oxygen atoms in total. The predicted octanol–water partition coefficient (Wildman–Crippen LogP) is 8.89. The fourth-order valence-corrected chi connectivity index (χ4v) is 12.3. The van der Waals surface area contributed by atoms with E-state index in [1.165, 1.54) is 55.8 Å². The van der Waals surface area contributed by atoms with Gasteiger partial charge < -0.3 is 0 Å². The van der Waals surface area contributed by atoms with Crippen LogP contribution in [0.4, 0.5) is 0 Å². The van der Waals surface area contributed by atoms with Crippen molar-refractivity contribution in [3.8, 4) is 0 Å². The first kappa shape index (κ1) is 37.4. The Kier molecular flexibility index (Phi) is 14.7. The third-order valence-electron chi connectivity index (χ3n) is 9.21. The van der Waals surface area contributed by atoms with Crippen LogP contribution in [0.15, 0.2) is 180 Å². The Balaban J connectivity index is 0.00000144. The van der Waals surface area contributed by atoms with E-state index in [2.05, 4.69) is 182 Å². The molecule has 7 rings (SSSR count). The van der Waals surface area contributed by atoms with Crippen LogP contribution >= 0.6 is 36.0 Å². The number of hydrogen-bond acceptors (Lipinski definition) is 2. The van der Waals surface area contributed by atoms with E-state index in [1.54, 1.807) is 0 Å². The first-order valence-electron chi connectivity index (χ1n) is 17.3. The summed E-state index contributed by atoms with van der Waals surface area (Å²) < 4.78 is 0. The molecule has 0 aliphatic heterocycles. The van der Waals surface area contributed by atoms with Crippen molar-refractivity contribution in [3.63, 3.8) is 0 Å². The van der Waals surface area contributed by atoms with Crippen molar-refractivity contribution in [2.24, 2.45) is 9.98 Å². The molecule has 0 heterocycles. The van der Waals surface area contributed by atoms with E-state index < -0.39 is 15.8 Å². The Morgan fingerprint density at radius 2 is 0.706 bits per heavy atom. The van der Waals surface area contributed by atoms with Gasteiger partial charge in [0, 0.05) is 23.6 Å². The van der Waals surface area contributed by atoms with Crippen LogP contribution in [0.3, 0.4) is 0 Å². The first-order valence-corrected chi connectivity index (χ1v) is 23.4. The Labute approximate surface area is 320 Å². The average Bonchev–Trinajstić information content (AvgIpc) is 3.20. The summed E-state index contributed by atoms with van der Waals surface area (Å²) in [7, 11) is 7.14. The summed E-state index contributed by atoms with van der Waals surface area (Å²) in [6.45, 7) is 0. The van der Waals surface area contributed by atoms with Gasteiger partial charge in [-0.25, -0.2) is 0 Å². The van der Waals surface area contributed by atoms with E-state index in [0.717, 1.165) is 12.8 Å². The molecule has 7 heteroatoms. The molecule has 1 saturated carbocycles. The quantitative estimate of drug-likeness (QED) is 0.0754. The van der Waals surface area contributed by atoms with Crippen molar-refractivity contribution < 1.29 is 13.1 Å². The van der Waals surface area contributed by atoms with E-state index in [0.29, 0.717) is 0 Å². The second-order valence-corrected chi connectivity index (χ2v) is 19.1. The van der Waals surface area contributed by atoms with Gasteiger partial charge in [-0.15, -0.1) is 0 Å². The summed E-state index contributed by atoms with van der Waals surface area (Å²) in [6.07, 6.45) is 8.85. The summed E-state index contributed by atoms with van der Waals surface area (Å²) in [5.74, 6) is 0. The van der Waals surface area contributed by atoms with Gasteiger partial charge in [-0.2, -0.15) is 0 Å². The molecule has 0 bridgehead atoms. The van der Waals surface area contributed by atoms with Crippen LogP contribution in [0.25, 0.3) is 0 Å². The fourth-order valence-electron chi connectivity index (χ4n) is 6.84. The number of nitrogens with zero attached hydrogens (tertiary/aromatic N) is 2. The van der Waals surface area contributed by atoms with Gasteiger partial charge in [-0.3, -0.25) is 9.98 Å². The SMILES string of the molecule is C(=N[C@@H]1CCCC[C@H]1N=Cc1ccccc1[PH+](c1ccccc1)c1ccccc1)c1ccccc1[PH+](c1ccccc1)c1ccccc1.[Cl][Fe][Cl]. The van der Waals surface area contributed by atoms with E-state index in [1.807, 2.05) is 0 Å². The molecular formula is C44H42Cl2FeN2P2+2. The number of halogens is 2. The van der Waals surface area contributed by atoms with Crippen LogP contribution in [-0.2, 0) is 13.1 Å². The van der Waals surface area contributed by atoms with Gasteiger partial charge in [0.1, 0.15) is 31.8 Å². The molecule has 1 fully saturated rings. The van der Waals surface area contributed by atoms with Gasteiger partial charge >= 0.3 is 33.3 Å². The molecule has 0 unspecified atom stereocenters. The van der Waals surface area contributed by atoms with Crippen molar-refractivity contribution in [1.82, 2.24) is 0 Å². The third kappa shape index (κ3) is 10.2. The molecule has 0 aromatic heterocycles. The van der Waals surface area contributed by atoms with E-state index >= 15 is 0 Å². The Morgan fingerprint density at radius 1 is 0.431 bits per heavy atom. The molecule has 6 aromatic carbocycles. The van der Waals surface area contributed by atoms with Gasteiger partial charge in [-0.05, 0) is 85.6 Å². The molecule has 0 N–H and O–H groups in total. The summed E-state index contributed by atoms with van der Waals surface area (Å²) >= 11 is 0.194. The summed E-state index contributed by atoms with van der Waals surface area (Å²) in [6, 6.07) is 62.0. The minimum absolute atomic E-state index is 0.173.